The molecule has 0 rings (SSSR count). The molecule has 0 aromatic rings. The number of nitrogens with one attached hydrogen (secondary N) is 1. The molecule has 0 aliphatic heterocycles. The van der Waals surface area contributed by atoms with Crippen LogP contribution in [0.5, 0.6) is 0 Å². The largest absolute Gasteiger partial charge is 0.462 e. The quantitative estimate of drug-likeness (QED) is 0.196. The number of unbranched alkanes of at least 4 members (excludes halogenated alkanes) is 3. The maximum Gasteiger partial charge on any atom is 0.407 e. The molecule has 0 bridgehead atoms. The van der Waals surface area contributed by atoms with Gasteiger partial charge in [-0.25, -0.2) is 19.4 Å². The van der Waals surface area contributed by atoms with Gasteiger partial charge in [0.1, 0.15) is 0 Å². The Morgan fingerprint density at radius 1 is 1.09 bits per heavy atom. The second kappa shape index (κ2) is 15.3. The van der Waals surface area contributed by atoms with Crippen LogP contribution in [0.4, 0.5) is 4.79 Å². The van der Waals surface area contributed by atoms with E-state index in [1.54, 1.807) is 13.0 Å². The Morgan fingerprint density at radius 3 is 2.55 bits per heavy atom. The molecule has 0 unspecified atom stereocenters. The van der Waals surface area contributed by atoms with Gasteiger partial charge in [0.15, 0.2) is 0 Å². The zero-order valence-electron chi connectivity index (χ0n) is 13.0. The van der Waals surface area contributed by atoms with Crippen molar-refractivity contribution in [3.05, 3.63) is 12.2 Å². The van der Waals surface area contributed by atoms with Crippen molar-refractivity contribution in [3.63, 3.8) is 0 Å². The third-order valence-electron chi connectivity index (χ3n) is 2.60. The molecule has 0 aliphatic carbocycles. The van der Waals surface area contributed by atoms with Crippen molar-refractivity contribution >= 4 is 18.1 Å². The van der Waals surface area contributed by atoms with E-state index in [-0.39, 0.29) is 13.2 Å². The Bertz CT molecular complexity index is 389. The Labute approximate surface area is 130 Å². The van der Waals surface area contributed by atoms with Crippen LogP contribution >= 0.6 is 0 Å². The molecule has 22 heavy (non-hydrogen) atoms. The molecular weight excluding hydrogens is 288 g/mol. The summed E-state index contributed by atoms with van der Waals surface area (Å²) in [5.41, 5.74) is 0. The predicted molar refractivity (Wildman–Crippen MR) is 81.2 cm³/mol. The number of isocyanates is 1. The molecule has 124 valence electrons. The van der Waals surface area contributed by atoms with Crippen molar-refractivity contribution in [2.24, 2.45) is 4.99 Å². The number of aliphatic imine (C=N–C) groups is 1. The molecule has 0 aliphatic rings. The first-order valence-electron chi connectivity index (χ1n) is 7.44. The highest BCUT2D eigenvalue weighted by Gasteiger charge is 2.01. The van der Waals surface area contributed by atoms with Gasteiger partial charge < -0.3 is 14.8 Å². The molecule has 0 radical (unpaired) electrons. The van der Waals surface area contributed by atoms with Gasteiger partial charge in [-0.3, -0.25) is 0 Å². The number of rotatable bonds is 12. The summed E-state index contributed by atoms with van der Waals surface area (Å²) in [6.45, 7) is 3.22. The Morgan fingerprint density at radius 2 is 1.82 bits per heavy atom. The van der Waals surface area contributed by atoms with Crippen LogP contribution in [0, 0.1) is 0 Å². The van der Waals surface area contributed by atoms with E-state index in [0.717, 1.165) is 25.7 Å². The van der Waals surface area contributed by atoms with E-state index in [1.807, 2.05) is 0 Å². The summed E-state index contributed by atoms with van der Waals surface area (Å²) < 4.78 is 9.77. The highest BCUT2D eigenvalue weighted by atomic mass is 16.6. The summed E-state index contributed by atoms with van der Waals surface area (Å²) in [4.78, 5) is 35.6. The third-order valence-corrected chi connectivity index (χ3v) is 2.60. The van der Waals surface area contributed by atoms with Crippen molar-refractivity contribution < 1.29 is 23.9 Å². The molecule has 0 spiro atoms. The molecule has 0 atom stereocenters. The fourth-order valence-electron chi connectivity index (χ4n) is 1.54. The van der Waals surface area contributed by atoms with Gasteiger partial charge >= 0.3 is 12.1 Å². The lowest BCUT2D eigenvalue weighted by atomic mass is 10.2. The smallest absolute Gasteiger partial charge is 0.407 e. The van der Waals surface area contributed by atoms with E-state index >= 15 is 0 Å². The summed E-state index contributed by atoms with van der Waals surface area (Å²) in [5, 5.41) is 2.64. The summed E-state index contributed by atoms with van der Waals surface area (Å²) in [5.74, 6) is -0.397. The molecule has 7 nitrogen and oxygen atoms in total. The summed E-state index contributed by atoms with van der Waals surface area (Å²) in [6.07, 6.45) is 8.04. The van der Waals surface area contributed by atoms with Gasteiger partial charge in [0.25, 0.3) is 0 Å². The van der Waals surface area contributed by atoms with Gasteiger partial charge in [-0.1, -0.05) is 18.9 Å². The van der Waals surface area contributed by atoms with Gasteiger partial charge in [0, 0.05) is 19.0 Å². The zero-order chi connectivity index (χ0) is 16.5. The highest BCUT2D eigenvalue weighted by molar-refractivity contribution is 5.81. The predicted octanol–water partition coefficient (Wildman–Crippen LogP) is 2.12. The third kappa shape index (κ3) is 14.3. The van der Waals surface area contributed by atoms with E-state index in [4.69, 9.17) is 9.47 Å². The minimum absolute atomic E-state index is 0.207. The van der Waals surface area contributed by atoms with Gasteiger partial charge in [-0.15, -0.1) is 0 Å². The minimum Gasteiger partial charge on any atom is -0.462 e. The first-order valence-corrected chi connectivity index (χ1v) is 7.44. The van der Waals surface area contributed by atoms with Crippen LogP contribution < -0.4 is 5.32 Å². The fourth-order valence-corrected chi connectivity index (χ4v) is 1.54. The van der Waals surface area contributed by atoms with Gasteiger partial charge in [-0.2, -0.15) is 0 Å². The van der Waals surface area contributed by atoms with E-state index in [0.29, 0.717) is 19.5 Å². The van der Waals surface area contributed by atoms with Crippen molar-refractivity contribution in [1.82, 2.24) is 5.32 Å². The van der Waals surface area contributed by atoms with Gasteiger partial charge in [0.2, 0.25) is 6.08 Å². The lowest BCUT2D eigenvalue weighted by molar-refractivity contribution is -0.138. The van der Waals surface area contributed by atoms with E-state index in [1.165, 1.54) is 12.2 Å². The van der Waals surface area contributed by atoms with Crippen molar-refractivity contribution in [3.8, 4) is 0 Å². The number of amides is 1. The van der Waals surface area contributed by atoms with Crippen molar-refractivity contribution in [2.75, 3.05) is 26.3 Å². The first-order chi connectivity index (χ1) is 10.7. The monoisotopic (exact) mass is 312 g/mol. The lowest BCUT2D eigenvalue weighted by Gasteiger charge is -2.07. The van der Waals surface area contributed by atoms with Crippen LogP contribution in [-0.2, 0) is 19.1 Å². The van der Waals surface area contributed by atoms with Crippen LogP contribution in [0.25, 0.3) is 0 Å². The molecule has 0 fully saturated rings. The average molecular weight is 312 g/mol. The van der Waals surface area contributed by atoms with Crippen molar-refractivity contribution in [1.29, 1.82) is 0 Å². The van der Waals surface area contributed by atoms with E-state index < -0.39 is 12.1 Å². The number of carbonyl (C=O) groups is 2. The van der Waals surface area contributed by atoms with Gasteiger partial charge in [0.05, 0.1) is 19.8 Å². The molecule has 0 aromatic carbocycles. The number of esters is 1. The fraction of sp³-hybridized carbons (Fsp3) is 0.667. The molecule has 0 aromatic heterocycles. The average Bonchev–Trinajstić information content (AvgIpc) is 2.50. The van der Waals surface area contributed by atoms with E-state index in [2.05, 4.69) is 10.3 Å². The Hall–Kier alpha value is -2.14. The number of hydrogen-bond acceptors (Lipinski definition) is 6. The van der Waals surface area contributed by atoms with Crippen LogP contribution in [-0.4, -0.2) is 44.4 Å². The molecule has 0 heterocycles. The number of nitrogens with zero attached hydrogens (tertiary/aromatic N) is 1. The second-order valence-corrected chi connectivity index (χ2v) is 4.47. The van der Waals surface area contributed by atoms with Crippen LogP contribution in [0.15, 0.2) is 17.1 Å². The summed E-state index contributed by atoms with van der Waals surface area (Å²) in [7, 11) is 0. The lowest BCUT2D eigenvalue weighted by Crippen LogP contribution is -2.26. The minimum atomic E-state index is -0.467. The standard InChI is InChI=1S/C15H24N2O5/c1-2-8-14(19)21-11-7-12-22-15(20)17-10-6-4-3-5-9-16-13-18/h2,8H,3-7,9-12H2,1H3,(H,17,20). The topological polar surface area (TPSA) is 94.1 Å². The SMILES string of the molecule is CC=CC(=O)OCCCOC(=O)NCCCCCCN=C=O. The van der Waals surface area contributed by atoms with Crippen LogP contribution in [0.1, 0.15) is 39.0 Å². The molecule has 0 saturated carbocycles. The molecule has 1 N–H and O–H groups in total. The van der Waals surface area contributed by atoms with E-state index in [9.17, 15) is 14.4 Å². The number of hydrogen-bond donors (Lipinski definition) is 1. The maximum atomic E-state index is 11.3. The Kier molecular flexibility index (Phi) is 13.8. The second-order valence-electron chi connectivity index (χ2n) is 4.47. The summed E-state index contributed by atoms with van der Waals surface area (Å²) >= 11 is 0. The number of ether oxygens (including phenoxy) is 2. The number of allylic oxidation sites excluding steroid dienone is 1. The molecule has 0 saturated heterocycles. The molecular formula is C15H24N2O5. The normalized spacial score (nSPS) is 10.0. The maximum absolute atomic E-state index is 11.3. The Balaban J connectivity index is 3.32. The zero-order valence-corrected chi connectivity index (χ0v) is 13.0. The van der Waals surface area contributed by atoms with Gasteiger partial charge in [-0.05, 0) is 19.8 Å². The van der Waals surface area contributed by atoms with Crippen LogP contribution in [0.3, 0.4) is 0 Å². The first kappa shape index (κ1) is 19.9. The molecule has 1 amide bonds. The highest BCUT2D eigenvalue weighted by Crippen LogP contribution is 1.99. The van der Waals surface area contributed by atoms with Crippen LogP contribution in [0.2, 0.25) is 0 Å². The molecule has 7 heteroatoms. The summed E-state index contributed by atoms with van der Waals surface area (Å²) in [6, 6.07) is 0. The van der Waals surface area contributed by atoms with Crippen molar-refractivity contribution in [2.45, 2.75) is 39.0 Å². The number of alkyl carbamates (subject to hydrolysis) is 1. The number of carbonyl (C=O) groups excluding carboxylic acids is 3.